The lowest BCUT2D eigenvalue weighted by molar-refractivity contribution is -0.123. The first-order chi connectivity index (χ1) is 13.0. The number of benzene rings is 1. The van der Waals surface area contributed by atoms with Crippen LogP contribution in [0.15, 0.2) is 52.9 Å². The van der Waals surface area contributed by atoms with Crippen LogP contribution in [-0.4, -0.2) is 25.2 Å². The number of allylic oxidation sites excluding steroid dienone is 2. The normalized spacial score (nSPS) is 28.8. The summed E-state index contributed by atoms with van der Waals surface area (Å²) in [5.74, 6) is -0.631. The van der Waals surface area contributed by atoms with E-state index in [0.717, 1.165) is 6.42 Å². The average Bonchev–Trinajstić information content (AvgIpc) is 3.41. The molecular weight excluding hydrogens is 386 g/mol. The quantitative estimate of drug-likeness (QED) is 0.626. The minimum absolute atomic E-state index is 0.0440. The molecule has 138 valence electrons. The van der Waals surface area contributed by atoms with E-state index in [2.05, 4.69) is 9.71 Å². The fourth-order valence-electron chi connectivity index (χ4n) is 4.38. The van der Waals surface area contributed by atoms with Gasteiger partial charge in [-0.15, -0.1) is 11.3 Å². The van der Waals surface area contributed by atoms with Crippen molar-refractivity contribution in [1.82, 2.24) is 4.98 Å². The van der Waals surface area contributed by atoms with Gasteiger partial charge in [0.25, 0.3) is 10.0 Å². The Kier molecular flexibility index (Phi) is 3.54. The molecule has 1 saturated heterocycles. The number of nitrogens with zero attached hydrogens (tertiary/aromatic N) is 2. The van der Waals surface area contributed by atoms with Crippen LogP contribution in [0.25, 0.3) is 0 Å². The number of hydrogen-bond acceptors (Lipinski definition) is 6. The van der Waals surface area contributed by atoms with Gasteiger partial charge in [0.15, 0.2) is 5.13 Å². The smallest absolute Gasteiger partial charge is 0.263 e. The van der Waals surface area contributed by atoms with E-state index in [1.54, 1.807) is 5.38 Å². The summed E-state index contributed by atoms with van der Waals surface area (Å²) < 4.78 is 27.2. The molecule has 2 heterocycles. The van der Waals surface area contributed by atoms with Gasteiger partial charge in [0.1, 0.15) is 0 Å². The molecule has 2 bridgehead atoms. The maximum absolute atomic E-state index is 12.8. The van der Waals surface area contributed by atoms with E-state index in [4.69, 9.17) is 0 Å². The van der Waals surface area contributed by atoms with Gasteiger partial charge in [-0.2, -0.15) is 0 Å². The molecule has 2 aromatic rings. The minimum Gasteiger partial charge on any atom is -0.274 e. The number of hydrogen-bond donors (Lipinski definition) is 1. The maximum Gasteiger partial charge on any atom is 0.263 e. The molecule has 5 rings (SSSR count). The third-order valence-electron chi connectivity index (χ3n) is 5.53. The Morgan fingerprint density at radius 1 is 1.04 bits per heavy atom. The molecule has 2 fully saturated rings. The van der Waals surface area contributed by atoms with Crippen LogP contribution in [0.1, 0.15) is 6.42 Å². The predicted molar refractivity (Wildman–Crippen MR) is 99.6 cm³/mol. The van der Waals surface area contributed by atoms with Gasteiger partial charge in [-0.25, -0.2) is 13.4 Å². The monoisotopic (exact) mass is 401 g/mol. The van der Waals surface area contributed by atoms with Gasteiger partial charge in [-0.05, 0) is 42.5 Å². The van der Waals surface area contributed by atoms with Crippen molar-refractivity contribution in [3.8, 4) is 0 Å². The SMILES string of the molecule is O=C1[C@@H]2[C@@H](C(=O)N1c1ccc(S(=O)(=O)Nc3nccs3)cc1)[C@@H]1C=C[C@@H]2C1. The number of nitrogens with one attached hydrogen (secondary N) is 1. The van der Waals surface area contributed by atoms with E-state index in [1.807, 2.05) is 12.2 Å². The zero-order valence-electron chi connectivity index (χ0n) is 14.0. The highest BCUT2D eigenvalue weighted by Gasteiger charge is 2.59. The second kappa shape index (κ2) is 5.74. The first kappa shape index (κ1) is 16.6. The van der Waals surface area contributed by atoms with Crippen LogP contribution in [0.3, 0.4) is 0 Å². The summed E-state index contributed by atoms with van der Waals surface area (Å²) in [7, 11) is -3.77. The van der Waals surface area contributed by atoms with Crippen molar-refractivity contribution in [2.24, 2.45) is 23.7 Å². The van der Waals surface area contributed by atoms with Crippen LogP contribution in [0, 0.1) is 23.7 Å². The minimum atomic E-state index is -3.77. The number of fused-ring (bicyclic) bond motifs is 5. The summed E-state index contributed by atoms with van der Waals surface area (Å²) in [4.78, 5) is 30.8. The van der Waals surface area contributed by atoms with Crippen LogP contribution in [0.5, 0.6) is 0 Å². The zero-order chi connectivity index (χ0) is 18.8. The van der Waals surface area contributed by atoms with Crippen molar-refractivity contribution in [3.05, 3.63) is 48.0 Å². The van der Waals surface area contributed by atoms with Crippen molar-refractivity contribution in [1.29, 1.82) is 0 Å². The highest BCUT2D eigenvalue weighted by atomic mass is 32.2. The van der Waals surface area contributed by atoms with Gasteiger partial charge in [-0.3, -0.25) is 19.2 Å². The summed E-state index contributed by atoms with van der Waals surface area (Å²) in [6.07, 6.45) is 6.47. The number of thiazole rings is 1. The molecule has 1 saturated carbocycles. The highest BCUT2D eigenvalue weighted by molar-refractivity contribution is 7.93. The Balaban J connectivity index is 1.41. The van der Waals surface area contributed by atoms with Crippen LogP contribution < -0.4 is 9.62 Å². The number of rotatable bonds is 4. The molecule has 0 radical (unpaired) electrons. The molecule has 0 spiro atoms. The molecule has 2 aliphatic carbocycles. The molecule has 3 aliphatic rings. The molecule has 1 N–H and O–H groups in total. The maximum atomic E-state index is 12.8. The number of carbonyl (C=O) groups is 2. The number of sulfonamides is 1. The Morgan fingerprint density at radius 3 is 2.22 bits per heavy atom. The molecule has 1 aromatic carbocycles. The van der Waals surface area contributed by atoms with Gasteiger partial charge in [0, 0.05) is 11.6 Å². The van der Waals surface area contributed by atoms with Gasteiger partial charge in [-0.1, -0.05) is 12.2 Å². The second-order valence-corrected chi connectivity index (χ2v) is 9.53. The molecule has 2 amide bonds. The van der Waals surface area contributed by atoms with Crippen molar-refractivity contribution in [3.63, 3.8) is 0 Å². The van der Waals surface area contributed by atoms with E-state index in [1.165, 1.54) is 46.7 Å². The molecule has 1 aromatic heterocycles. The highest BCUT2D eigenvalue weighted by Crippen LogP contribution is 2.53. The van der Waals surface area contributed by atoms with Crippen molar-refractivity contribution < 1.29 is 18.0 Å². The van der Waals surface area contributed by atoms with E-state index in [9.17, 15) is 18.0 Å². The predicted octanol–water partition coefficient (Wildman–Crippen LogP) is 2.26. The standard InChI is InChI=1S/C18H15N3O4S2/c22-16-14-10-1-2-11(9-10)15(14)17(23)21(16)12-3-5-13(6-4-12)27(24,25)20-18-19-7-8-26-18/h1-8,10-11,14-15H,9H2,(H,19,20)/t10-,11-,14+,15+/m1/s1. The van der Waals surface area contributed by atoms with Crippen LogP contribution in [0.4, 0.5) is 10.8 Å². The Morgan fingerprint density at radius 2 is 1.67 bits per heavy atom. The zero-order valence-corrected chi connectivity index (χ0v) is 15.6. The Bertz CT molecular complexity index is 1030. The Hall–Kier alpha value is -2.52. The molecular formula is C18H15N3O4S2. The van der Waals surface area contributed by atoms with Crippen molar-refractivity contribution >= 4 is 44.0 Å². The second-order valence-electron chi connectivity index (χ2n) is 6.95. The van der Waals surface area contributed by atoms with E-state index in [-0.39, 0.29) is 45.5 Å². The molecule has 4 atom stereocenters. The average molecular weight is 401 g/mol. The summed E-state index contributed by atoms with van der Waals surface area (Å²) in [5.41, 5.74) is 0.409. The van der Waals surface area contributed by atoms with Crippen molar-refractivity contribution in [2.45, 2.75) is 11.3 Å². The van der Waals surface area contributed by atoms with Gasteiger partial charge >= 0.3 is 0 Å². The number of carbonyl (C=O) groups excluding carboxylic acids is 2. The third-order valence-corrected chi connectivity index (χ3v) is 7.70. The van der Waals surface area contributed by atoms with Gasteiger partial charge < -0.3 is 0 Å². The number of anilines is 2. The number of amides is 2. The number of imide groups is 1. The summed E-state index contributed by atoms with van der Waals surface area (Å²) in [5, 5.41) is 1.95. The lowest BCUT2D eigenvalue weighted by Crippen LogP contribution is -2.32. The lowest BCUT2D eigenvalue weighted by Gasteiger charge is -2.17. The third kappa shape index (κ3) is 2.45. The van der Waals surface area contributed by atoms with Crippen molar-refractivity contribution in [2.75, 3.05) is 9.62 Å². The number of aromatic nitrogens is 1. The first-order valence-electron chi connectivity index (χ1n) is 8.54. The molecule has 9 heteroatoms. The molecule has 27 heavy (non-hydrogen) atoms. The summed E-state index contributed by atoms with van der Waals surface area (Å²) in [6.45, 7) is 0. The van der Waals surface area contributed by atoms with E-state index >= 15 is 0 Å². The molecule has 1 aliphatic heterocycles. The lowest BCUT2D eigenvalue weighted by atomic mass is 9.85. The van der Waals surface area contributed by atoms with Crippen LogP contribution in [0.2, 0.25) is 0 Å². The molecule has 7 nitrogen and oxygen atoms in total. The van der Waals surface area contributed by atoms with Crippen LogP contribution >= 0.6 is 11.3 Å². The van der Waals surface area contributed by atoms with E-state index in [0.29, 0.717) is 5.69 Å². The topological polar surface area (TPSA) is 96.4 Å². The van der Waals surface area contributed by atoms with E-state index < -0.39 is 10.0 Å². The fraction of sp³-hybridized carbons (Fsp3) is 0.278. The fourth-order valence-corrected chi connectivity index (χ4v) is 6.17. The summed E-state index contributed by atoms with van der Waals surface area (Å²) >= 11 is 1.18. The molecule has 0 unspecified atom stereocenters. The van der Waals surface area contributed by atoms with Gasteiger partial charge in [0.2, 0.25) is 11.8 Å². The first-order valence-corrected chi connectivity index (χ1v) is 10.9. The van der Waals surface area contributed by atoms with Gasteiger partial charge in [0.05, 0.1) is 22.4 Å². The summed E-state index contributed by atoms with van der Waals surface area (Å²) in [6, 6.07) is 5.80. The van der Waals surface area contributed by atoms with Crippen LogP contribution in [-0.2, 0) is 19.6 Å². The Labute approximate surface area is 159 Å². The largest absolute Gasteiger partial charge is 0.274 e.